The van der Waals surface area contributed by atoms with Gasteiger partial charge in [0.2, 0.25) is 5.91 Å². The summed E-state index contributed by atoms with van der Waals surface area (Å²) in [6, 6.07) is 7.60. The SMILES string of the molecule is Cc1nc(-c2cccc(NC(=O)C(C)(C)N)c2)cs1. The lowest BCUT2D eigenvalue weighted by Gasteiger charge is -2.17. The van der Waals surface area contributed by atoms with Crippen molar-refractivity contribution in [1.29, 1.82) is 0 Å². The van der Waals surface area contributed by atoms with Crippen LogP contribution in [0.5, 0.6) is 0 Å². The maximum Gasteiger partial charge on any atom is 0.243 e. The van der Waals surface area contributed by atoms with Crippen LogP contribution in [-0.4, -0.2) is 16.4 Å². The van der Waals surface area contributed by atoms with Crippen LogP contribution in [0.1, 0.15) is 18.9 Å². The number of nitrogens with one attached hydrogen (secondary N) is 1. The van der Waals surface area contributed by atoms with Gasteiger partial charge in [0.05, 0.1) is 16.2 Å². The first-order valence-corrected chi connectivity index (χ1v) is 6.87. The number of hydrogen-bond donors (Lipinski definition) is 2. The van der Waals surface area contributed by atoms with Gasteiger partial charge in [-0.25, -0.2) is 4.98 Å². The van der Waals surface area contributed by atoms with E-state index in [1.165, 1.54) is 0 Å². The Morgan fingerprint density at radius 3 is 2.74 bits per heavy atom. The molecule has 0 aliphatic carbocycles. The standard InChI is InChI=1S/C14H17N3OS/c1-9-16-12(8-19-9)10-5-4-6-11(7-10)17-13(18)14(2,3)15/h4-8H,15H2,1-3H3,(H,17,18). The van der Waals surface area contributed by atoms with E-state index in [0.717, 1.165) is 22.0 Å². The lowest BCUT2D eigenvalue weighted by atomic mass is 10.1. The molecule has 0 unspecified atom stereocenters. The van der Waals surface area contributed by atoms with Crippen molar-refractivity contribution in [2.75, 3.05) is 5.32 Å². The van der Waals surface area contributed by atoms with Crippen LogP contribution in [0.25, 0.3) is 11.3 Å². The van der Waals surface area contributed by atoms with Gasteiger partial charge >= 0.3 is 0 Å². The predicted octanol–water partition coefficient (Wildman–Crippen LogP) is 2.79. The minimum Gasteiger partial charge on any atom is -0.324 e. The minimum absolute atomic E-state index is 0.209. The molecule has 4 nitrogen and oxygen atoms in total. The molecule has 0 saturated heterocycles. The molecule has 0 fully saturated rings. The van der Waals surface area contributed by atoms with Gasteiger partial charge in [-0.2, -0.15) is 0 Å². The van der Waals surface area contributed by atoms with Crippen LogP contribution in [0.3, 0.4) is 0 Å². The summed E-state index contributed by atoms with van der Waals surface area (Å²) < 4.78 is 0. The number of hydrogen-bond acceptors (Lipinski definition) is 4. The van der Waals surface area contributed by atoms with E-state index >= 15 is 0 Å². The van der Waals surface area contributed by atoms with Gasteiger partial charge in [0, 0.05) is 16.6 Å². The number of amides is 1. The monoisotopic (exact) mass is 275 g/mol. The predicted molar refractivity (Wildman–Crippen MR) is 79.2 cm³/mol. The first-order chi connectivity index (χ1) is 8.86. The third kappa shape index (κ3) is 3.39. The fourth-order valence-electron chi connectivity index (χ4n) is 1.54. The van der Waals surface area contributed by atoms with E-state index in [2.05, 4.69) is 10.3 Å². The molecule has 5 heteroatoms. The molecule has 0 atom stereocenters. The van der Waals surface area contributed by atoms with Crippen molar-refractivity contribution in [1.82, 2.24) is 4.98 Å². The number of anilines is 1. The zero-order valence-electron chi connectivity index (χ0n) is 11.2. The number of benzene rings is 1. The second kappa shape index (κ2) is 5.11. The molecule has 2 aromatic rings. The molecule has 1 amide bonds. The number of aromatic nitrogens is 1. The highest BCUT2D eigenvalue weighted by Crippen LogP contribution is 2.24. The lowest BCUT2D eigenvalue weighted by Crippen LogP contribution is -2.45. The summed E-state index contributed by atoms with van der Waals surface area (Å²) in [6.45, 7) is 5.32. The van der Waals surface area contributed by atoms with E-state index in [4.69, 9.17) is 5.73 Å². The number of carbonyl (C=O) groups is 1. The van der Waals surface area contributed by atoms with Gasteiger partial charge in [0.25, 0.3) is 0 Å². The normalized spacial score (nSPS) is 11.4. The molecule has 1 heterocycles. The average Bonchev–Trinajstić information content (AvgIpc) is 2.75. The van der Waals surface area contributed by atoms with Crippen molar-refractivity contribution in [3.63, 3.8) is 0 Å². The first kappa shape index (κ1) is 13.7. The van der Waals surface area contributed by atoms with Gasteiger partial charge in [-0.15, -0.1) is 11.3 Å². The van der Waals surface area contributed by atoms with Crippen LogP contribution in [-0.2, 0) is 4.79 Å². The second-order valence-electron chi connectivity index (χ2n) is 5.01. The van der Waals surface area contributed by atoms with Crippen LogP contribution in [0.4, 0.5) is 5.69 Å². The Kier molecular flexibility index (Phi) is 3.68. The lowest BCUT2D eigenvalue weighted by molar-refractivity contribution is -0.120. The van der Waals surface area contributed by atoms with Crippen LogP contribution < -0.4 is 11.1 Å². The highest BCUT2D eigenvalue weighted by molar-refractivity contribution is 7.09. The number of aryl methyl sites for hydroxylation is 1. The Bertz CT molecular complexity index is 599. The molecule has 0 radical (unpaired) electrons. The average molecular weight is 275 g/mol. The summed E-state index contributed by atoms with van der Waals surface area (Å²) >= 11 is 1.60. The summed E-state index contributed by atoms with van der Waals surface area (Å²) in [5.74, 6) is -0.209. The van der Waals surface area contributed by atoms with E-state index in [1.54, 1.807) is 25.2 Å². The van der Waals surface area contributed by atoms with Gasteiger partial charge < -0.3 is 11.1 Å². The van der Waals surface area contributed by atoms with Crippen LogP contribution >= 0.6 is 11.3 Å². The fraction of sp³-hybridized carbons (Fsp3) is 0.286. The summed E-state index contributed by atoms with van der Waals surface area (Å²) in [5.41, 5.74) is 7.49. The first-order valence-electron chi connectivity index (χ1n) is 5.99. The molecular formula is C14H17N3OS. The smallest absolute Gasteiger partial charge is 0.243 e. The second-order valence-corrected chi connectivity index (χ2v) is 6.07. The Balaban J connectivity index is 2.23. The van der Waals surface area contributed by atoms with Gasteiger partial charge in [-0.05, 0) is 32.9 Å². The number of nitrogens with zero attached hydrogens (tertiary/aromatic N) is 1. The number of rotatable bonds is 3. The summed E-state index contributed by atoms with van der Waals surface area (Å²) in [7, 11) is 0. The van der Waals surface area contributed by atoms with E-state index in [0.29, 0.717) is 0 Å². The third-order valence-electron chi connectivity index (χ3n) is 2.62. The molecule has 0 aliphatic heterocycles. The quantitative estimate of drug-likeness (QED) is 0.905. The number of carbonyl (C=O) groups excluding carboxylic acids is 1. The van der Waals surface area contributed by atoms with Crippen LogP contribution in [0.15, 0.2) is 29.6 Å². The Labute approximate surface area is 116 Å². The van der Waals surface area contributed by atoms with Crippen molar-refractivity contribution in [3.05, 3.63) is 34.7 Å². The van der Waals surface area contributed by atoms with Crippen molar-refractivity contribution in [2.24, 2.45) is 5.73 Å². The minimum atomic E-state index is -0.896. The van der Waals surface area contributed by atoms with Crippen molar-refractivity contribution >= 4 is 22.9 Å². The Morgan fingerprint density at radius 2 is 2.16 bits per heavy atom. The van der Waals surface area contributed by atoms with Crippen LogP contribution in [0, 0.1) is 6.92 Å². The van der Waals surface area contributed by atoms with Gasteiger partial charge in [-0.3, -0.25) is 4.79 Å². The molecule has 0 bridgehead atoms. The molecule has 0 aliphatic rings. The molecular weight excluding hydrogens is 258 g/mol. The molecule has 0 spiro atoms. The Hall–Kier alpha value is -1.72. The molecule has 0 saturated carbocycles. The largest absolute Gasteiger partial charge is 0.324 e. The molecule has 1 aromatic heterocycles. The number of nitrogens with two attached hydrogens (primary N) is 1. The van der Waals surface area contributed by atoms with Crippen molar-refractivity contribution < 1.29 is 4.79 Å². The van der Waals surface area contributed by atoms with E-state index in [-0.39, 0.29) is 5.91 Å². The van der Waals surface area contributed by atoms with Gasteiger partial charge in [0.1, 0.15) is 0 Å². The summed E-state index contributed by atoms with van der Waals surface area (Å²) in [4.78, 5) is 16.3. The molecule has 19 heavy (non-hydrogen) atoms. The van der Waals surface area contributed by atoms with Gasteiger partial charge in [0.15, 0.2) is 0 Å². The van der Waals surface area contributed by atoms with E-state index in [1.807, 2.05) is 36.6 Å². The summed E-state index contributed by atoms with van der Waals surface area (Å²) in [6.07, 6.45) is 0. The van der Waals surface area contributed by atoms with Gasteiger partial charge in [-0.1, -0.05) is 12.1 Å². The maximum atomic E-state index is 11.8. The maximum absolute atomic E-state index is 11.8. The highest BCUT2D eigenvalue weighted by Gasteiger charge is 2.21. The fourth-order valence-corrected chi connectivity index (χ4v) is 2.17. The van der Waals surface area contributed by atoms with Crippen molar-refractivity contribution in [2.45, 2.75) is 26.3 Å². The van der Waals surface area contributed by atoms with E-state index < -0.39 is 5.54 Å². The third-order valence-corrected chi connectivity index (χ3v) is 3.39. The molecule has 100 valence electrons. The Morgan fingerprint density at radius 1 is 1.42 bits per heavy atom. The number of thiazole rings is 1. The zero-order valence-corrected chi connectivity index (χ0v) is 12.0. The summed E-state index contributed by atoms with van der Waals surface area (Å²) in [5, 5.41) is 5.83. The zero-order chi connectivity index (χ0) is 14.0. The van der Waals surface area contributed by atoms with Crippen LogP contribution in [0.2, 0.25) is 0 Å². The van der Waals surface area contributed by atoms with Crippen molar-refractivity contribution in [3.8, 4) is 11.3 Å². The topological polar surface area (TPSA) is 68.0 Å². The molecule has 1 aromatic carbocycles. The molecule has 3 N–H and O–H groups in total. The van der Waals surface area contributed by atoms with E-state index in [9.17, 15) is 4.79 Å². The highest BCUT2D eigenvalue weighted by atomic mass is 32.1. The molecule has 2 rings (SSSR count).